The van der Waals surface area contributed by atoms with E-state index in [4.69, 9.17) is 9.47 Å². The molecule has 0 aromatic heterocycles. The molecule has 1 aliphatic rings. The monoisotopic (exact) mass is 356 g/mol. The Morgan fingerprint density at radius 2 is 1.29 bits per heavy atom. The molecule has 0 bridgehead atoms. The van der Waals surface area contributed by atoms with E-state index in [0.717, 1.165) is 19.6 Å². The van der Waals surface area contributed by atoms with Gasteiger partial charge >= 0.3 is 0 Å². The van der Waals surface area contributed by atoms with Gasteiger partial charge < -0.3 is 9.47 Å². The molecule has 1 rings (SSSR count). The number of hydrogen-bond donors (Lipinski definition) is 0. The first-order valence-corrected chi connectivity index (χ1v) is 14.5. The Kier molecular flexibility index (Phi) is 13.2. The van der Waals surface area contributed by atoms with Crippen LogP contribution in [0, 0.1) is 0 Å². The van der Waals surface area contributed by atoms with Crippen molar-refractivity contribution in [3.05, 3.63) is 0 Å². The van der Waals surface area contributed by atoms with Gasteiger partial charge in [-0.2, -0.15) is 0 Å². The quantitative estimate of drug-likeness (QED) is 0.229. The van der Waals surface area contributed by atoms with Gasteiger partial charge in [-0.3, -0.25) is 0 Å². The van der Waals surface area contributed by atoms with E-state index < -0.39 is 8.07 Å². The molecule has 0 radical (unpaired) electrons. The van der Waals surface area contributed by atoms with Gasteiger partial charge in [0.05, 0.1) is 0 Å². The average molecular weight is 357 g/mol. The molecule has 1 aliphatic heterocycles. The van der Waals surface area contributed by atoms with Crippen LogP contribution in [0.5, 0.6) is 0 Å². The van der Waals surface area contributed by atoms with Crippen LogP contribution in [0.25, 0.3) is 0 Å². The third kappa shape index (κ3) is 14.5. The van der Waals surface area contributed by atoms with Crippen LogP contribution in [0.1, 0.15) is 89.9 Å². The Bertz CT molecular complexity index is 270. The second-order valence-electron chi connectivity index (χ2n) is 8.87. The SMILES string of the molecule is C[Si](C)(C)CCCCCCCCCCCCCOC1CCCCO1. The minimum Gasteiger partial charge on any atom is -0.353 e. The molecule has 1 fully saturated rings. The number of unbranched alkanes of at least 4 members (excludes halogenated alkanes) is 10. The fourth-order valence-electron chi connectivity index (χ4n) is 3.41. The normalized spacial score (nSPS) is 18.9. The molecule has 1 unspecified atom stereocenters. The van der Waals surface area contributed by atoms with Gasteiger partial charge in [-0.05, 0) is 25.7 Å². The maximum Gasteiger partial charge on any atom is 0.157 e. The Labute approximate surface area is 153 Å². The maximum absolute atomic E-state index is 5.78. The van der Waals surface area contributed by atoms with Gasteiger partial charge in [0.15, 0.2) is 6.29 Å². The van der Waals surface area contributed by atoms with Crippen LogP contribution < -0.4 is 0 Å². The highest BCUT2D eigenvalue weighted by Crippen LogP contribution is 2.17. The number of ether oxygens (including phenoxy) is 2. The number of hydrogen-bond acceptors (Lipinski definition) is 2. The molecule has 3 heteroatoms. The summed E-state index contributed by atoms with van der Waals surface area (Å²) in [5.41, 5.74) is 0. The first kappa shape index (κ1) is 22.2. The summed E-state index contributed by atoms with van der Waals surface area (Å²) in [6, 6.07) is 1.52. The molecule has 1 heterocycles. The zero-order valence-corrected chi connectivity index (χ0v) is 17.9. The van der Waals surface area contributed by atoms with Crippen LogP contribution in [0.2, 0.25) is 25.7 Å². The molecule has 0 aliphatic carbocycles. The summed E-state index contributed by atoms with van der Waals surface area (Å²) in [6.07, 6.45) is 19.2. The summed E-state index contributed by atoms with van der Waals surface area (Å²) >= 11 is 0. The third-order valence-corrected chi connectivity index (χ3v) is 6.87. The van der Waals surface area contributed by atoms with E-state index >= 15 is 0 Å². The Balaban J connectivity index is 1.70. The van der Waals surface area contributed by atoms with E-state index in [-0.39, 0.29) is 6.29 Å². The Morgan fingerprint density at radius 3 is 1.79 bits per heavy atom. The first-order chi connectivity index (χ1) is 11.6. The standard InChI is InChI=1S/C21H44O2Si/c1-24(2,3)20-16-12-10-8-6-4-5-7-9-11-14-18-22-21-17-13-15-19-23-21/h21H,4-20H2,1-3H3. The highest BCUT2D eigenvalue weighted by molar-refractivity contribution is 6.76. The van der Waals surface area contributed by atoms with E-state index in [1.54, 1.807) is 0 Å². The van der Waals surface area contributed by atoms with Crippen molar-refractivity contribution < 1.29 is 9.47 Å². The first-order valence-electron chi connectivity index (χ1n) is 10.8. The summed E-state index contributed by atoms with van der Waals surface area (Å²) in [5.74, 6) is 0. The lowest BCUT2D eigenvalue weighted by molar-refractivity contribution is -0.162. The minimum absolute atomic E-state index is 0.101. The summed E-state index contributed by atoms with van der Waals surface area (Å²) in [5, 5.41) is 0. The van der Waals surface area contributed by atoms with Gasteiger partial charge in [0.1, 0.15) is 0 Å². The zero-order valence-electron chi connectivity index (χ0n) is 16.9. The molecule has 144 valence electrons. The smallest absolute Gasteiger partial charge is 0.157 e. The lowest BCUT2D eigenvalue weighted by atomic mass is 10.1. The largest absolute Gasteiger partial charge is 0.353 e. The molecule has 0 saturated carbocycles. The van der Waals surface area contributed by atoms with Crippen molar-refractivity contribution in [1.82, 2.24) is 0 Å². The van der Waals surface area contributed by atoms with Gasteiger partial charge in [0.2, 0.25) is 0 Å². The summed E-state index contributed by atoms with van der Waals surface area (Å²) < 4.78 is 11.4. The zero-order chi connectivity index (χ0) is 17.5. The second kappa shape index (κ2) is 14.3. The third-order valence-electron chi connectivity index (χ3n) is 5.01. The van der Waals surface area contributed by atoms with Crippen molar-refractivity contribution in [3.63, 3.8) is 0 Å². The van der Waals surface area contributed by atoms with Crippen LogP contribution in [0.3, 0.4) is 0 Å². The molecule has 2 nitrogen and oxygen atoms in total. The van der Waals surface area contributed by atoms with Crippen LogP contribution in [-0.4, -0.2) is 27.6 Å². The van der Waals surface area contributed by atoms with Crippen molar-refractivity contribution in [3.8, 4) is 0 Å². The fraction of sp³-hybridized carbons (Fsp3) is 1.00. The summed E-state index contributed by atoms with van der Waals surface area (Å²) in [7, 11) is -0.783. The predicted molar refractivity (Wildman–Crippen MR) is 108 cm³/mol. The van der Waals surface area contributed by atoms with Crippen LogP contribution in [0.15, 0.2) is 0 Å². The molecular weight excluding hydrogens is 312 g/mol. The van der Waals surface area contributed by atoms with Crippen LogP contribution >= 0.6 is 0 Å². The molecule has 24 heavy (non-hydrogen) atoms. The highest BCUT2D eigenvalue weighted by atomic mass is 28.3. The van der Waals surface area contributed by atoms with Crippen molar-refractivity contribution in [2.75, 3.05) is 13.2 Å². The van der Waals surface area contributed by atoms with Crippen LogP contribution in [-0.2, 0) is 9.47 Å². The van der Waals surface area contributed by atoms with Gasteiger partial charge in [-0.15, -0.1) is 0 Å². The van der Waals surface area contributed by atoms with E-state index in [2.05, 4.69) is 19.6 Å². The highest BCUT2D eigenvalue weighted by Gasteiger charge is 2.13. The van der Waals surface area contributed by atoms with E-state index in [0.29, 0.717) is 0 Å². The van der Waals surface area contributed by atoms with E-state index in [9.17, 15) is 0 Å². The maximum atomic E-state index is 5.78. The predicted octanol–water partition coefficient (Wildman–Crippen LogP) is 7.16. The van der Waals surface area contributed by atoms with Gasteiger partial charge in [-0.25, -0.2) is 0 Å². The lowest BCUT2D eigenvalue weighted by Crippen LogP contribution is -2.22. The Morgan fingerprint density at radius 1 is 0.750 bits per heavy atom. The molecule has 1 atom stereocenters. The van der Waals surface area contributed by atoms with Crippen LogP contribution in [0.4, 0.5) is 0 Å². The van der Waals surface area contributed by atoms with Crippen molar-refractivity contribution in [1.29, 1.82) is 0 Å². The van der Waals surface area contributed by atoms with Crippen molar-refractivity contribution in [2.45, 2.75) is 122 Å². The fourth-order valence-corrected chi connectivity index (χ4v) is 4.72. The minimum atomic E-state index is -0.783. The topological polar surface area (TPSA) is 18.5 Å². The molecule has 0 aromatic carbocycles. The molecular formula is C21H44O2Si. The van der Waals surface area contributed by atoms with Crippen molar-refractivity contribution in [2.24, 2.45) is 0 Å². The Hall–Kier alpha value is 0.137. The molecule has 0 N–H and O–H groups in total. The summed E-state index contributed by atoms with van der Waals surface area (Å²) in [4.78, 5) is 0. The number of rotatable bonds is 15. The second-order valence-corrected chi connectivity index (χ2v) is 14.5. The molecule has 0 spiro atoms. The van der Waals surface area contributed by atoms with Crippen molar-refractivity contribution >= 4 is 8.07 Å². The molecule has 1 saturated heterocycles. The molecule has 0 amide bonds. The summed E-state index contributed by atoms with van der Waals surface area (Å²) in [6.45, 7) is 9.25. The van der Waals surface area contributed by atoms with E-state index in [1.165, 1.54) is 89.5 Å². The van der Waals surface area contributed by atoms with Gasteiger partial charge in [0, 0.05) is 21.3 Å². The van der Waals surface area contributed by atoms with Gasteiger partial charge in [0.25, 0.3) is 0 Å². The van der Waals surface area contributed by atoms with Gasteiger partial charge in [-0.1, -0.05) is 89.9 Å². The lowest BCUT2D eigenvalue weighted by Gasteiger charge is -2.22. The molecule has 0 aromatic rings. The van der Waals surface area contributed by atoms with E-state index in [1.807, 2.05) is 0 Å². The average Bonchev–Trinajstić information content (AvgIpc) is 2.55.